The van der Waals surface area contributed by atoms with E-state index in [1.807, 2.05) is 16.8 Å². The molecule has 0 fully saturated rings. The van der Waals surface area contributed by atoms with E-state index in [1.165, 1.54) is 11.3 Å². The van der Waals surface area contributed by atoms with Crippen molar-refractivity contribution in [2.45, 2.75) is 25.8 Å². The average Bonchev–Trinajstić information content (AvgIpc) is 2.96. The molecule has 0 bridgehead atoms. The first kappa shape index (κ1) is 12.6. The van der Waals surface area contributed by atoms with Crippen molar-refractivity contribution in [1.29, 1.82) is 0 Å². The van der Waals surface area contributed by atoms with Gasteiger partial charge in [0.1, 0.15) is 0 Å². The van der Waals surface area contributed by atoms with E-state index in [1.54, 1.807) is 18.6 Å². The zero-order valence-electron chi connectivity index (χ0n) is 9.94. The van der Waals surface area contributed by atoms with Crippen molar-refractivity contribution in [3.63, 3.8) is 0 Å². The van der Waals surface area contributed by atoms with Crippen LogP contribution in [-0.2, 0) is 0 Å². The molecule has 1 unspecified atom stereocenters. The van der Waals surface area contributed by atoms with E-state index in [0.29, 0.717) is 5.06 Å². The molecule has 5 nitrogen and oxygen atoms in total. The second kappa shape index (κ2) is 5.68. The van der Waals surface area contributed by atoms with Gasteiger partial charge in [0.25, 0.3) is 0 Å². The van der Waals surface area contributed by atoms with Crippen LogP contribution in [0.25, 0.3) is 0 Å². The fraction of sp³-hybridized carbons (Fsp3) is 0.333. The minimum absolute atomic E-state index is 0.189. The van der Waals surface area contributed by atoms with Gasteiger partial charge >= 0.3 is 6.16 Å². The molecule has 96 valence electrons. The largest absolute Gasteiger partial charge is 0.512 e. The first-order chi connectivity index (χ1) is 8.70. The van der Waals surface area contributed by atoms with Crippen molar-refractivity contribution in [3.05, 3.63) is 35.7 Å². The molecule has 1 N–H and O–H groups in total. The lowest BCUT2D eigenvalue weighted by molar-refractivity contribution is 0.146. The molecule has 0 aliphatic carbocycles. The van der Waals surface area contributed by atoms with E-state index in [-0.39, 0.29) is 6.04 Å². The molecule has 0 amide bonds. The highest BCUT2D eigenvalue weighted by Crippen LogP contribution is 2.33. The Labute approximate surface area is 109 Å². The summed E-state index contributed by atoms with van der Waals surface area (Å²) in [6, 6.07) is 3.78. The molecular weight excluding hydrogens is 252 g/mol. The first-order valence-corrected chi connectivity index (χ1v) is 6.50. The maximum Gasteiger partial charge on any atom is 0.512 e. The lowest BCUT2D eigenvalue weighted by atomic mass is 10.1. The molecule has 1 atom stereocenters. The Kier molecular flexibility index (Phi) is 3.99. The molecule has 18 heavy (non-hydrogen) atoms. The summed E-state index contributed by atoms with van der Waals surface area (Å²) in [5, 5.41) is 8.97. The second-order valence-electron chi connectivity index (χ2n) is 3.84. The smallest absolute Gasteiger partial charge is 0.449 e. The van der Waals surface area contributed by atoms with Gasteiger partial charge in [-0.25, -0.2) is 9.78 Å². The summed E-state index contributed by atoms with van der Waals surface area (Å²) in [4.78, 5) is 15.6. The first-order valence-electron chi connectivity index (χ1n) is 5.68. The highest BCUT2D eigenvalue weighted by atomic mass is 32.1. The molecule has 2 aromatic heterocycles. The van der Waals surface area contributed by atoms with E-state index in [4.69, 9.17) is 5.11 Å². The van der Waals surface area contributed by atoms with Crippen LogP contribution in [0.2, 0.25) is 0 Å². The van der Waals surface area contributed by atoms with Crippen LogP contribution in [0.3, 0.4) is 0 Å². The quantitative estimate of drug-likeness (QED) is 0.842. The molecule has 2 rings (SSSR count). The Balaban J connectivity index is 2.20. The van der Waals surface area contributed by atoms with Gasteiger partial charge < -0.3 is 14.4 Å². The van der Waals surface area contributed by atoms with Crippen molar-refractivity contribution in [1.82, 2.24) is 9.55 Å². The zero-order chi connectivity index (χ0) is 13.0. The molecule has 0 saturated carbocycles. The van der Waals surface area contributed by atoms with Gasteiger partial charge in [0, 0.05) is 17.3 Å². The molecule has 2 heterocycles. The molecule has 0 aromatic carbocycles. The summed E-state index contributed by atoms with van der Waals surface area (Å²) >= 11 is 1.36. The SMILES string of the molecule is CCCC(c1ccc(OC(=O)O)s1)n1ccnc1. The summed E-state index contributed by atoms with van der Waals surface area (Å²) in [6.45, 7) is 2.12. The number of rotatable bonds is 5. The standard InChI is InChI=1S/C12H14N2O3S/c1-2-3-9(14-7-6-13-8-14)10-4-5-11(18-10)17-12(15)16/h4-9H,2-3H2,1H3,(H,15,16). The number of imidazole rings is 1. The van der Waals surface area contributed by atoms with Crippen molar-refractivity contribution < 1.29 is 14.6 Å². The second-order valence-corrected chi connectivity index (χ2v) is 4.92. The fourth-order valence-electron chi connectivity index (χ4n) is 1.82. The molecule has 0 aliphatic heterocycles. The van der Waals surface area contributed by atoms with Crippen molar-refractivity contribution in [2.75, 3.05) is 0 Å². The third kappa shape index (κ3) is 2.89. The predicted octanol–water partition coefficient (Wildman–Crippen LogP) is 3.39. The van der Waals surface area contributed by atoms with E-state index in [0.717, 1.165) is 17.7 Å². The molecule has 0 spiro atoms. The maximum absolute atomic E-state index is 10.5. The normalized spacial score (nSPS) is 12.3. The zero-order valence-corrected chi connectivity index (χ0v) is 10.8. The molecular formula is C12H14N2O3S. The Morgan fingerprint density at radius 3 is 3.06 bits per heavy atom. The van der Waals surface area contributed by atoms with Crippen LogP contribution in [0.5, 0.6) is 5.06 Å². The van der Waals surface area contributed by atoms with Crippen LogP contribution >= 0.6 is 11.3 Å². The summed E-state index contributed by atoms with van der Waals surface area (Å²) in [7, 11) is 0. The number of thiophene rings is 1. The van der Waals surface area contributed by atoms with Gasteiger partial charge in [0.15, 0.2) is 5.06 Å². The van der Waals surface area contributed by atoms with E-state index in [2.05, 4.69) is 16.6 Å². The van der Waals surface area contributed by atoms with Crippen molar-refractivity contribution in [3.8, 4) is 5.06 Å². The van der Waals surface area contributed by atoms with Gasteiger partial charge in [-0.3, -0.25) is 0 Å². The van der Waals surface area contributed by atoms with Crippen molar-refractivity contribution >= 4 is 17.5 Å². The summed E-state index contributed by atoms with van der Waals surface area (Å²) < 4.78 is 6.68. The highest BCUT2D eigenvalue weighted by Gasteiger charge is 2.16. The molecule has 0 aliphatic rings. The number of nitrogens with zero attached hydrogens (tertiary/aromatic N) is 2. The van der Waals surface area contributed by atoms with Gasteiger partial charge in [-0.2, -0.15) is 0 Å². The van der Waals surface area contributed by atoms with Gasteiger partial charge in [-0.15, -0.1) is 11.3 Å². The van der Waals surface area contributed by atoms with Crippen LogP contribution in [0, 0.1) is 0 Å². The highest BCUT2D eigenvalue weighted by molar-refractivity contribution is 7.14. The molecule has 2 aromatic rings. The van der Waals surface area contributed by atoms with Crippen LogP contribution in [-0.4, -0.2) is 20.8 Å². The van der Waals surface area contributed by atoms with E-state index in [9.17, 15) is 4.79 Å². The molecule has 0 saturated heterocycles. The average molecular weight is 266 g/mol. The van der Waals surface area contributed by atoms with Gasteiger partial charge in [-0.1, -0.05) is 13.3 Å². The Hall–Kier alpha value is -1.82. The number of aromatic nitrogens is 2. The third-order valence-electron chi connectivity index (χ3n) is 2.57. The molecule has 0 radical (unpaired) electrons. The Morgan fingerprint density at radius 2 is 2.44 bits per heavy atom. The van der Waals surface area contributed by atoms with Gasteiger partial charge in [-0.05, 0) is 18.6 Å². The minimum Gasteiger partial charge on any atom is -0.449 e. The number of hydrogen-bond acceptors (Lipinski definition) is 4. The van der Waals surface area contributed by atoms with Crippen LogP contribution < -0.4 is 4.74 Å². The lowest BCUT2D eigenvalue weighted by Gasteiger charge is -2.15. The predicted molar refractivity (Wildman–Crippen MR) is 68.2 cm³/mol. The number of carboxylic acid groups (broad SMARTS) is 1. The topological polar surface area (TPSA) is 64.3 Å². The van der Waals surface area contributed by atoms with Crippen molar-refractivity contribution in [2.24, 2.45) is 0 Å². The summed E-state index contributed by atoms with van der Waals surface area (Å²) in [5.41, 5.74) is 0. The monoisotopic (exact) mass is 266 g/mol. The third-order valence-corrected chi connectivity index (χ3v) is 3.63. The number of ether oxygens (including phenoxy) is 1. The van der Waals surface area contributed by atoms with Crippen LogP contribution in [0.4, 0.5) is 4.79 Å². The van der Waals surface area contributed by atoms with E-state index >= 15 is 0 Å². The van der Waals surface area contributed by atoms with Gasteiger partial charge in [0.2, 0.25) is 0 Å². The maximum atomic E-state index is 10.5. The van der Waals surface area contributed by atoms with Gasteiger partial charge in [0.05, 0.1) is 12.4 Å². The summed E-state index contributed by atoms with van der Waals surface area (Å²) in [6.07, 6.45) is 6.16. The minimum atomic E-state index is -1.28. The number of carbonyl (C=O) groups is 1. The Morgan fingerprint density at radius 1 is 1.61 bits per heavy atom. The summed E-state index contributed by atoms with van der Waals surface area (Å²) in [5.74, 6) is 0. The van der Waals surface area contributed by atoms with Crippen LogP contribution in [0.1, 0.15) is 30.7 Å². The number of hydrogen-bond donors (Lipinski definition) is 1. The molecule has 6 heteroatoms. The van der Waals surface area contributed by atoms with E-state index < -0.39 is 6.16 Å². The Bertz CT molecular complexity index is 507. The lowest BCUT2D eigenvalue weighted by Crippen LogP contribution is -2.06. The van der Waals surface area contributed by atoms with Crippen LogP contribution in [0.15, 0.2) is 30.9 Å². The fourth-order valence-corrected chi connectivity index (χ4v) is 2.81.